The molecule has 1 atom stereocenters. The zero-order valence-electron chi connectivity index (χ0n) is 18.7. The van der Waals surface area contributed by atoms with Crippen molar-refractivity contribution in [1.82, 2.24) is 9.47 Å². The molecule has 2 aliphatic heterocycles. The lowest BCUT2D eigenvalue weighted by Gasteiger charge is -2.47. The number of rotatable bonds is 3. The molecule has 3 aromatic rings. The van der Waals surface area contributed by atoms with Crippen LogP contribution in [0.2, 0.25) is 0 Å². The van der Waals surface area contributed by atoms with E-state index in [9.17, 15) is 4.79 Å². The number of benzene rings is 2. The minimum absolute atomic E-state index is 0.0511. The Balaban J connectivity index is 1.40. The lowest BCUT2D eigenvalue weighted by atomic mass is 9.81. The van der Waals surface area contributed by atoms with Gasteiger partial charge in [0.2, 0.25) is 5.91 Å². The van der Waals surface area contributed by atoms with Crippen LogP contribution in [0.25, 0.3) is 5.69 Å². The summed E-state index contributed by atoms with van der Waals surface area (Å²) in [5.74, 6) is 0.214. The molecule has 1 fully saturated rings. The van der Waals surface area contributed by atoms with Gasteiger partial charge in [0.1, 0.15) is 0 Å². The predicted molar refractivity (Wildman–Crippen MR) is 126 cm³/mol. The Labute approximate surface area is 184 Å². The highest BCUT2D eigenvalue weighted by Gasteiger charge is 2.43. The zero-order valence-corrected chi connectivity index (χ0v) is 18.7. The van der Waals surface area contributed by atoms with Crippen molar-refractivity contribution < 1.29 is 4.79 Å². The van der Waals surface area contributed by atoms with E-state index >= 15 is 0 Å². The van der Waals surface area contributed by atoms with Gasteiger partial charge >= 0.3 is 0 Å². The number of amides is 1. The molecule has 0 aliphatic carbocycles. The van der Waals surface area contributed by atoms with Gasteiger partial charge in [-0.15, -0.1) is 0 Å². The van der Waals surface area contributed by atoms with Gasteiger partial charge in [-0.1, -0.05) is 43.3 Å². The van der Waals surface area contributed by atoms with Crippen LogP contribution in [0.3, 0.4) is 0 Å². The van der Waals surface area contributed by atoms with E-state index in [0.29, 0.717) is 0 Å². The molecular weight excluding hydrogens is 382 g/mol. The average molecular weight is 414 g/mol. The van der Waals surface area contributed by atoms with Gasteiger partial charge in [0, 0.05) is 25.0 Å². The Morgan fingerprint density at radius 1 is 1.03 bits per heavy atom. The molecule has 1 N–H and O–H groups in total. The molecule has 31 heavy (non-hydrogen) atoms. The van der Waals surface area contributed by atoms with Crippen LogP contribution in [0.15, 0.2) is 60.8 Å². The van der Waals surface area contributed by atoms with E-state index in [2.05, 4.69) is 78.2 Å². The molecule has 3 heterocycles. The van der Waals surface area contributed by atoms with E-state index in [-0.39, 0.29) is 17.4 Å². The Kier molecular flexibility index (Phi) is 4.88. The maximum atomic E-state index is 13.4. The molecule has 160 valence electrons. The molecule has 2 aromatic carbocycles. The third-order valence-corrected chi connectivity index (χ3v) is 7.39. The van der Waals surface area contributed by atoms with Gasteiger partial charge in [0.25, 0.3) is 0 Å². The topological polar surface area (TPSA) is 37.3 Å². The summed E-state index contributed by atoms with van der Waals surface area (Å²) in [7, 11) is 0. The molecular formula is C27H31N3O. The van der Waals surface area contributed by atoms with Gasteiger partial charge in [-0.3, -0.25) is 4.79 Å². The predicted octanol–water partition coefficient (Wildman–Crippen LogP) is 5.53. The molecule has 5 rings (SSSR count). The third-order valence-electron chi connectivity index (χ3n) is 7.39. The first-order valence-electron chi connectivity index (χ1n) is 11.4. The van der Waals surface area contributed by atoms with Crippen molar-refractivity contribution in [1.29, 1.82) is 0 Å². The first kappa shape index (κ1) is 19.9. The summed E-state index contributed by atoms with van der Waals surface area (Å²) < 4.78 is 2.37. The number of hydrogen-bond acceptors (Lipinski definition) is 2. The maximum Gasteiger partial charge on any atom is 0.230 e. The Bertz CT molecular complexity index is 1110. The molecule has 0 bridgehead atoms. The minimum Gasteiger partial charge on any atom is -0.372 e. The van der Waals surface area contributed by atoms with E-state index in [1.165, 1.54) is 28.2 Å². The van der Waals surface area contributed by atoms with Crippen LogP contribution in [0.5, 0.6) is 0 Å². The van der Waals surface area contributed by atoms with Gasteiger partial charge in [-0.05, 0) is 68.0 Å². The number of likely N-dealkylation sites (tertiary alicyclic amines) is 1. The lowest BCUT2D eigenvalue weighted by molar-refractivity contribution is -0.134. The molecule has 1 amide bonds. The maximum absolute atomic E-state index is 13.4. The van der Waals surface area contributed by atoms with Crippen molar-refractivity contribution in [3.63, 3.8) is 0 Å². The second-order valence-electron chi connectivity index (χ2n) is 9.07. The van der Waals surface area contributed by atoms with E-state index in [1.54, 1.807) is 0 Å². The molecule has 0 unspecified atom stereocenters. The fourth-order valence-corrected chi connectivity index (χ4v) is 5.45. The fraction of sp³-hybridized carbons (Fsp3) is 0.370. The van der Waals surface area contributed by atoms with E-state index in [4.69, 9.17) is 0 Å². The number of piperidine rings is 1. The van der Waals surface area contributed by atoms with E-state index < -0.39 is 0 Å². The summed E-state index contributed by atoms with van der Waals surface area (Å²) in [6.07, 6.45) is 4.85. The highest BCUT2D eigenvalue weighted by atomic mass is 16.2. The van der Waals surface area contributed by atoms with Crippen molar-refractivity contribution in [2.75, 3.05) is 18.4 Å². The Hall–Kier alpha value is -3.01. The summed E-state index contributed by atoms with van der Waals surface area (Å²) in [6, 6.07) is 19.0. The molecule has 4 nitrogen and oxygen atoms in total. The summed E-state index contributed by atoms with van der Waals surface area (Å²) >= 11 is 0. The molecule has 1 aromatic heterocycles. The van der Waals surface area contributed by atoms with Crippen LogP contribution >= 0.6 is 0 Å². The fourth-order valence-electron chi connectivity index (χ4n) is 5.45. The van der Waals surface area contributed by atoms with Crippen molar-refractivity contribution in [2.45, 2.75) is 51.5 Å². The van der Waals surface area contributed by atoms with Gasteiger partial charge < -0.3 is 14.8 Å². The normalized spacial score (nSPS) is 17.6. The van der Waals surface area contributed by atoms with E-state index in [0.717, 1.165) is 37.9 Å². The minimum atomic E-state index is -0.122. The summed E-state index contributed by atoms with van der Waals surface area (Å²) in [4.78, 5) is 15.5. The van der Waals surface area contributed by atoms with Crippen molar-refractivity contribution in [3.05, 3.63) is 83.2 Å². The van der Waals surface area contributed by atoms with Gasteiger partial charge in [0.15, 0.2) is 0 Å². The summed E-state index contributed by atoms with van der Waals surface area (Å²) in [5.41, 5.74) is 7.41. The standard InChI is InChI=1S/C27H31N3O/c1-4-22(21-9-6-5-7-10-21)26(31)29-17-14-27(15-18-29)24-11-8-16-30(24)25-20(3)19(2)12-13-23(25)28-27/h5-13,16,22,28H,4,14-15,17-18H2,1-3H3/t22-/m1/s1. The van der Waals surface area contributed by atoms with Crippen molar-refractivity contribution in [2.24, 2.45) is 0 Å². The Morgan fingerprint density at radius 3 is 2.48 bits per heavy atom. The number of carbonyl (C=O) groups is 1. The quantitative estimate of drug-likeness (QED) is 0.613. The number of aryl methyl sites for hydroxylation is 1. The number of anilines is 1. The molecule has 2 aliphatic rings. The van der Waals surface area contributed by atoms with Crippen LogP contribution in [0.4, 0.5) is 5.69 Å². The highest BCUT2D eigenvalue weighted by molar-refractivity contribution is 5.84. The first-order chi connectivity index (χ1) is 15.0. The second-order valence-corrected chi connectivity index (χ2v) is 9.07. The van der Waals surface area contributed by atoms with Crippen molar-refractivity contribution >= 4 is 11.6 Å². The second kappa shape index (κ2) is 7.60. The van der Waals surface area contributed by atoms with E-state index in [1.807, 2.05) is 18.2 Å². The van der Waals surface area contributed by atoms with Gasteiger partial charge in [-0.2, -0.15) is 0 Å². The number of aromatic nitrogens is 1. The monoisotopic (exact) mass is 413 g/mol. The number of hydrogen-bond donors (Lipinski definition) is 1. The number of carbonyl (C=O) groups excluding carboxylic acids is 1. The first-order valence-corrected chi connectivity index (χ1v) is 11.4. The van der Waals surface area contributed by atoms with Crippen LogP contribution in [0, 0.1) is 13.8 Å². The highest BCUT2D eigenvalue weighted by Crippen LogP contribution is 2.45. The molecule has 4 heteroatoms. The van der Waals surface area contributed by atoms with Gasteiger partial charge in [0.05, 0.1) is 22.8 Å². The van der Waals surface area contributed by atoms with Crippen LogP contribution in [-0.4, -0.2) is 28.5 Å². The van der Waals surface area contributed by atoms with Gasteiger partial charge in [-0.25, -0.2) is 0 Å². The average Bonchev–Trinajstić information content (AvgIpc) is 3.29. The number of fused-ring (bicyclic) bond motifs is 4. The molecule has 0 radical (unpaired) electrons. The smallest absolute Gasteiger partial charge is 0.230 e. The Morgan fingerprint density at radius 2 is 1.77 bits per heavy atom. The van der Waals surface area contributed by atoms with Crippen LogP contribution in [0.1, 0.15) is 54.5 Å². The summed E-state index contributed by atoms with van der Waals surface area (Å²) in [5, 5.41) is 3.90. The third kappa shape index (κ3) is 3.16. The molecule has 0 saturated carbocycles. The van der Waals surface area contributed by atoms with Crippen LogP contribution < -0.4 is 5.32 Å². The van der Waals surface area contributed by atoms with Crippen LogP contribution in [-0.2, 0) is 10.3 Å². The summed E-state index contributed by atoms with van der Waals surface area (Å²) in [6.45, 7) is 8.04. The molecule has 1 saturated heterocycles. The largest absolute Gasteiger partial charge is 0.372 e. The number of nitrogens with one attached hydrogen (secondary N) is 1. The lowest BCUT2D eigenvalue weighted by Crippen LogP contribution is -2.51. The van der Waals surface area contributed by atoms with Crippen molar-refractivity contribution in [3.8, 4) is 5.69 Å². The molecule has 1 spiro atoms. The SMILES string of the molecule is CC[C@@H](C(=O)N1CCC2(CC1)Nc1ccc(C)c(C)c1-n1cccc12)c1ccccc1. The zero-order chi connectivity index (χ0) is 21.6. The number of nitrogens with zero attached hydrogens (tertiary/aromatic N) is 2.